The summed E-state index contributed by atoms with van der Waals surface area (Å²) >= 11 is 0. The molecule has 1 heterocycles. The molecule has 6 nitrogen and oxygen atoms in total. The predicted octanol–water partition coefficient (Wildman–Crippen LogP) is 0.994. The minimum atomic E-state index is 0.0441. The van der Waals surface area contributed by atoms with Crippen molar-refractivity contribution in [3.05, 3.63) is 29.3 Å². The number of nitrogens with two attached hydrogens (primary N) is 1. The summed E-state index contributed by atoms with van der Waals surface area (Å²) in [6, 6.07) is 5.70. The lowest BCUT2D eigenvalue weighted by atomic mass is 10.1. The fraction of sp³-hybridized carbons (Fsp3) is 0.533. The smallest absolute Gasteiger partial charge is 0.173 e. The molecule has 21 heavy (non-hydrogen) atoms. The van der Waals surface area contributed by atoms with E-state index in [-0.39, 0.29) is 12.4 Å². The van der Waals surface area contributed by atoms with Gasteiger partial charge in [0.25, 0.3) is 0 Å². The molecule has 116 valence electrons. The first-order valence-electron chi connectivity index (χ1n) is 7.16. The number of aliphatic hydroxyl groups excluding tert-OH is 1. The van der Waals surface area contributed by atoms with Crippen LogP contribution in [0.25, 0.3) is 0 Å². The average Bonchev–Trinajstić information content (AvgIpc) is 2.94. The maximum absolute atomic E-state index is 9.00. The van der Waals surface area contributed by atoms with Gasteiger partial charge in [-0.3, -0.25) is 4.90 Å². The van der Waals surface area contributed by atoms with E-state index in [1.807, 2.05) is 18.2 Å². The van der Waals surface area contributed by atoms with Crippen molar-refractivity contribution in [3.63, 3.8) is 0 Å². The highest BCUT2D eigenvalue weighted by Gasteiger charge is 2.22. The fourth-order valence-corrected chi connectivity index (χ4v) is 2.83. The number of benzene rings is 1. The Morgan fingerprint density at radius 2 is 2.33 bits per heavy atom. The van der Waals surface area contributed by atoms with Gasteiger partial charge in [0.15, 0.2) is 5.84 Å². The molecule has 2 rings (SSSR count). The maximum Gasteiger partial charge on any atom is 0.173 e. The van der Waals surface area contributed by atoms with E-state index in [0.29, 0.717) is 17.2 Å². The summed E-state index contributed by atoms with van der Waals surface area (Å²) in [6.45, 7) is 3.18. The Bertz CT molecular complexity index is 505. The Kier molecular flexibility index (Phi) is 5.41. The Morgan fingerprint density at radius 1 is 1.52 bits per heavy atom. The Balaban J connectivity index is 2.05. The van der Waals surface area contributed by atoms with Crippen LogP contribution < -0.4 is 10.5 Å². The van der Waals surface area contributed by atoms with Crippen molar-refractivity contribution < 1.29 is 15.1 Å². The number of ether oxygens (including phenoxy) is 1. The van der Waals surface area contributed by atoms with Gasteiger partial charge in [-0.25, -0.2) is 0 Å². The highest BCUT2D eigenvalue weighted by atomic mass is 16.5. The molecule has 1 unspecified atom stereocenters. The van der Waals surface area contributed by atoms with Gasteiger partial charge in [0, 0.05) is 19.7 Å². The molecular weight excluding hydrogens is 270 g/mol. The minimum Gasteiger partial charge on any atom is -0.496 e. The van der Waals surface area contributed by atoms with Gasteiger partial charge in [-0.1, -0.05) is 11.2 Å². The van der Waals surface area contributed by atoms with Crippen molar-refractivity contribution >= 4 is 5.84 Å². The van der Waals surface area contributed by atoms with Crippen LogP contribution in [0.15, 0.2) is 23.4 Å². The van der Waals surface area contributed by atoms with E-state index < -0.39 is 0 Å². The summed E-state index contributed by atoms with van der Waals surface area (Å²) in [4.78, 5) is 2.37. The third kappa shape index (κ3) is 3.86. The molecule has 6 heteroatoms. The fourth-order valence-electron chi connectivity index (χ4n) is 2.83. The topological polar surface area (TPSA) is 91.3 Å². The first kappa shape index (κ1) is 15.6. The predicted molar refractivity (Wildman–Crippen MR) is 80.6 cm³/mol. The molecule has 0 bridgehead atoms. The molecule has 1 aromatic rings. The van der Waals surface area contributed by atoms with Crippen LogP contribution in [-0.2, 0) is 6.54 Å². The van der Waals surface area contributed by atoms with E-state index in [1.165, 1.54) is 0 Å². The Labute approximate surface area is 124 Å². The maximum atomic E-state index is 9.00. The van der Waals surface area contributed by atoms with Crippen LogP contribution in [0.4, 0.5) is 0 Å². The second-order valence-corrected chi connectivity index (χ2v) is 5.42. The molecule has 0 spiro atoms. The van der Waals surface area contributed by atoms with E-state index in [2.05, 4.69) is 10.1 Å². The molecule has 0 aliphatic carbocycles. The normalized spacial score (nSPS) is 19.9. The van der Waals surface area contributed by atoms with Crippen LogP contribution in [-0.4, -0.2) is 47.9 Å². The SMILES string of the molecule is COc1cc(CN2CCC(CCO)C2)ccc1/C(N)=N/O. The molecule has 1 aliphatic heterocycles. The average molecular weight is 293 g/mol. The van der Waals surface area contributed by atoms with Crippen molar-refractivity contribution in [2.75, 3.05) is 26.8 Å². The van der Waals surface area contributed by atoms with Gasteiger partial charge in [0.2, 0.25) is 0 Å². The summed E-state index contributed by atoms with van der Waals surface area (Å²) in [5.74, 6) is 1.24. The van der Waals surface area contributed by atoms with Crippen LogP contribution in [0.3, 0.4) is 0 Å². The summed E-state index contributed by atoms with van der Waals surface area (Å²) in [6.07, 6.45) is 2.02. The number of amidine groups is 1. The highest BCUT2D eigenvalue weighted by Crippen LogP contribution is 2.24. The third-order valence-electron chi connectivity index (χ3n) is 3.96. The molecule has 1 aliphatic rings. The van der Waals surface area contributed by atoms with Crippen molar-refractivity contribution in [1.29, 1.82) is 0 Å². The number of methoxy groups -OCH3 is 1. The molecule has 0 saturated carbocycles. The second kappa shape index (κ2) is 7.28. The van der Waals surface area contributed by atoms with Crippen molar-refractivity contribution in [1.82, 2.24) is 4.90 Å². The second-order valence-electron chi connectivity index (χ2n) is 5.42. The van der Waals surface area contributed by atoms with Crippen LogP contribution >= 0.6 is 0 Å². The van der Waals surface area contributed by atoms with Gasteiger partial charge < -0.3 is 20.8 Å². The van der Waals surface area contributed by atoms with Crippen molar-refractivity contribution in [3.8, 4) is 5.75 Å². The number of oxime groups is 1. The molecular formula is C15H23N3O3. The van der Waals surface area contributed by atoms with Crippen molar-refractivity contribution in [2.45, 2.75) is 19.4 Å². The monoisotopic (exact) mass is 293 g/mol. The lowest BCUT2D eigenvalue weighted by Gasteiger charge is -2.17. The van der Waals surface area contributed by atoms with E-state index in [1.54, 1.807) is 7.11 Å². The van der Waals surface area contributed by atoms with E-state index >= 15 is 0 Å². The number of hydrogen-bond acceptors (Lipinski definition) is 5. The van der Waals surface area contributed by atoms with Gasteiger partial charge in [0.1, 0.15) is 5.75 Å². The first-order valence-corrected chi connectivity index (χ1v) is 7.16. The zero-order chi connectivity index (χ0) is 15.2. The highest BCUT2D eigenvalue weighted by molar-refractivity contribution is 5.99. The zero-order valence-corrected chi connectivity index (χ0v) is 12.3. The van der Waals surface area contributed by atoms with Gasteiger partial charge >= 0.3 is 0 Å². The lowest BCUT2D eigenvalue weighted by molar-refractivity contribution is 0.249. The molecule has 1 fully saturated rings. The summed E-state index contributed by atoms with van der Waals surface area (Å²) in [5.41, 5.74) is 7.34. The van der Waals surface area contributed by atoms with Crippen LogP contribution in [0, 0.1) is 5.92 Å². The number of nitrogens with zero attached hydrogens (tertiary/aromatic N) is 2. The molecule has 0 amide bonds. The van der Waals surface area contributed by atoms with Gasteiger partial charge in [-0.2, -0.15) is 0 Å². The summed E-state index contributed by atoms with van der Waals surface area (Å²) < 4.78 is 5.31. The quantitative estimate of drug-likeness (QED) is 0.315. The molecule has 0 aromatic heterocycles. The first-order chi connectivity index (χ1) is 10.2. The molecule has 1 aromatic carbocycles. The van der Waals surface area contributed by atoms with Crippen molar-refractivity contribution in [2.24, 2.45) is 16.8 Å². The largest absolute Gasteiger partial charge is 0.496 e. The van der Waals surface area contributed by atoms with E-state index in [0.717, 1.165) is 38.0 Å². The lowest BCUT2D eigenvalue weighted by Crippen LogP contribution is -2.21. The number of hydrogen-bond donors (Lipinski definition) is 3. The van der Waals surface area contributed by atoms with Crippen LogP contribution in [0.5, 0.6) is 5.75 Å². The summed E-state index contributed by atoms with van der Waals surface area (Å²) in [7, 11) is 1.57. The third-order valence-corrected chi connectivity index (χ3v) is 3.96. The molecule has 4 N–H and O–H groups in total. The number of aliphatic hydroxyl groups is 1. The van der Waals surface area contributed by atoms with Gasteiger partial charge in [-0.15, -0.1) is 0 Å². The number of rotatable bonds is 6. The number of likely N-dealkylation sites (tertiary alicyclic amines) is 1. The molecule has 0 radical (unpaired) electrons. The Morgan fingerprint density at radius 3 is 3.00 bits per heavy atom. The standard InChI is InChI=1S/C15H23N3O3/c1-21-14-8-12(2-3-13(14)15(16)17-20)10-18-6-4-11(9-18)5-7-19/h2-3,8,11,19-20H,4-7,9-10H2,1H3,(H2,16,17). The van der Waals surface area contributed by atoms with E-state index in [4.69, 9.17) is 20.8 Å². The zero-order valence-electron chi connectivity index (χ0n) is 12.3. The Hall–Kier alpha value is -1.79. The van der Waals surface area contributed by atoms with E-state index in [9.17, 15) is 0 Å². The minimum absolute atomic E-state index is 0.0441. The molecule has 1 atom stereocenters. The van der Waals surface area contributed by atoms with Gasteiger partial charge in [0.05, 0.1) is 12.7 Å². The van der Waals surface area contributed by atoms with Crippen LogP contribution in [0.1, 0.15) is 24.0 Å². The van der Waals surface area contributed by atoms with Crippen LogP contribution in [0.2, 0.25) is 0 Å². The summed E-state index contributed by atoms with van der Waals surface area (Å²) in [5, 5.41) is 20.8. The van der Waals surface area contributed by atoms with Gasteiger partial charge in [-0.05, 0) is 43.0 Å². The molecule has 1 saturated heterocycles.